The van der Waals surface area contributed by atoms with Gasteiger partial charge in [0.15, 0.2) is 0 Å². The molecule has 0 unspecified atom stereocenters. The van der Waals surface area contributed by atoms with E-state index in [1.165, 1.54) is 5.56 Å². The summed E-state index contributed by atoms with van der Waals surface area (Å²) in [5, 5.41) is 0. The Morgan fingerprint density at radius 3 is 2.65 bits per heavy atom. The zero-order chi connectivity index (χ0) is 12.3. The molecule has 1 aromatic carbocycles. The van der Waals surface area contributed by atoms with Crippen LogP contribution < -0.4 is 0 Å². The lowest BCUT2D eigenvalue weighted by molar-refractivity contribution is 0.121. The summed E-state index contributed by atoms with van der Waals surface area (Å²) in [5.41, 5.74) is 0.236. The fraction of sp³-hybridized carbons (Fsp3) is 0.571. The molecule has 0 spiro atoms. The molecule has 0 saturated carbocycles. The van der Waals surface area contributed by atoms with Crippen LogP contribution >= 0.6 is 0 Å². The molecule has 94 valence electrons. The van der Waals surface area contributed by atoms with Gasteiger partial charge in [-0.25, -0.2) is 4.39 Å². The minimum absolute atomic E-state index is 0.526. The van der Waals surface area contributed by atoms with Crippen LogP contribution in [0.1, 0.15) is 12.0 Å². The predicted octanol–water partition coefficient (Wildman–Crippen LogP) is 2.16. The van der Waals surface area contributed by atoms with Crippen LogP contribution in [0.4, 0.5) is 4.39 Å². The quantitative estimate of drug-likeness (QED) is 0.790. The summed E-state index contributed by atoms with van der Waals surface area (Å²) in [4.78, 5) is 4.14. The minimum Gasteiger partial charge on any atom is -0.306 e. The predicted molar refractivity (Wildman–Crippen MR) is 68.7 cm³/mol. The van der Waals surface area contributed by atoms with E-state index in [9.17, 15) is 4.39 Å². The normalized spacial score (nSPS) is 25.6. The number of benzene rings is 1. The van der Waals surface area contributed by atoms with E-state index in [1.54, 1.807) is 0 Å². The van der Waals surface area contributed by atoms with Crippen molar-refractivity contribution in [3.8, 4) is 0 Å². The molecule has 0 amide bonds. The van der Waals surface area contributed by atoms with Crippen LogP contribution in [-0.2, 0) is 6.54 Å². The number of hydrogen-bond acceptors (Lipinski definition) is 2. The standard InChI is InChI=1S/C14H21FN2/c1-16(2)11-14(15)8-9-17(12-14)10-13-6-4-3-5-7-13/h3-7H,8-12H2,1-2H3/t14-/m1/s1. The summed E-state index contributed by atoms with van der Waals surface area (Å²) in [5.74, 6) is 0. The molecule has 0 radical (unpaired) electrons. The summed E-state index contributed by atoms with van der Waals surface area (Å²) in [7, 11) is 3.86. The molecule has 0 N–H and O–H groups in total. The largest absolute Gasteiger partial charge is 0.306 e. The van der Waals surface area contributed by atoms with E-state index in [1.807, 2.05) is 37.2 Å². The molecule has 17 heavy (non-hydrogen) atoms. The summed E-state index contributed by atoms with van der Waals surface area (Å²) >= 11 is 0. The lowest BCUT2D eigenvalue weighted by atomic mass is 10.1. The van der Waals surface area contributed by atoms with Gasteiger partial charge in [-0.05, 0) is 26.1 Å². The van der Waals surface area contributed by atoms with Crippen molar-refractivity contribution < 1.29 is 4.39 Å². The first-order valence-electron chi connectivity index (χ1n) is 6.17. The molecule has 1 heterocycles. The first-order valence-corrected chi connectivity index (χ1v) is 6.17. The minimum atomic E-state index is -1.03. The number of rotatable bonds is 4. The molecular weight excluding hydrogens is 215 g/mol. The van der Waals surface area contributed by atoms with Gasteiger partial charge in [0.25, 0.3) is 0 Å². The van der Waals surface area contributed by atoms with Crippen molar-refractivity contribution in [2.45, 2.75) is 18.6 Å². The van der Waals surface area contributed by atoms with Crippen molar-refractivity contribution in [1.82, 2.24) is 9.80 Å². The van der Waals surface area contributed by atoms with Gasteiger partial charge in [-0.3, -0.25) is 4.90 Å². The SMILES string of the molecule is CN(C)C[C@]1(F)CCN(Cc2ccccc2)C1. The highest BCUT2D eigenvalue weighted by atomic mass is 19.1. The zero-order valence-electron chi connectivity index (χ0n) is 10.7. The zero-order valence-corrected chi connectivity index (χ0v) is 10.7. The van der Waals surface area contributed by atoms with Crippen molar-refractivity contribution in [2.24, 2.45) is 0 Å². The maximum atomic E-state index is 14.4. The van der Waals surface area contributed by atoms with Gasteiger partial charge < -0.3 is 4.90 Å². The van der Waals surface area contributed by atoms with Gasteiger partial charge >= 0.3 is 0 Å². The van der Waals surface area contributed by atoms with Crippen molar-refractivity contribution in [3.05, 3.63) is 35.9 Å². The van der Waals surface area contributed by atoms with Gasteiger partial charge in [0.2, 0.25) is 0 Å². The van der Waals surface area contributed by atoms with Crippen LogP contribution in [0.25, 0.3) is 0 Å². The van der Waals surface area contributed by atoms with E-state index in [0.29, 0.717) is 19.5 Å². The Kier molecular flexibility index (Phi) is 3.79. The molecule has 1 aliphatic rings. The summed E-state index contributed by atoms with van der Waals surface area (Å²) in [6, 6.07) is 10.3. The summed E-state index contributed by atoms with van der Waals surface area (Å²) < 4.78 is 14.4. The van der Waals surface area contributed by atoms with Crippen LogP contribution in [-0.4, -0.2) is 49.2 Å². The topological polar surface area (TPSA) is 6.48 Å². The van der Waals surface area contributed by atoms with Crippen molar-refractivity contribution in [2.75, 3.05) is 33.7 Å². The van der Waals surface area contributed by atoms with Crippen LogP contribution in [0.5, 0.6) is 0 Å². The van der Waals surface area contributed by atoms with Crippen molar-refractivity contribution in [3.63, 3.8) is 0 Å². The van der Waals surface area contributed by atoms with E-state index in [0.717, 1.165) is 13.1 Å². The number of halogens is 1. The molecule has 3 heteroatoms. The molecule has 0 aromatic heterocycles. The number of alkyl halides is 1. The van der Waals surface area contributed by atoms with E-state index in [2.05, 4.69) is 17.0 Å². The third kappa shape index (κ3) is 3.51. The molecule has 0 bridgehead atoms. The molecule has 0 aliphatic carbocycles. The molecule has 1 atom stereocenters. The molecule has 2 nitrogen and oxygen atoms in total. The second-order valence-electron chi connectivity index (χ2n) is 5.33. The van der Waals surface area contributed by atoms with E-state index in [4.69, 9.17) is 0 Å². The van der Waals surface area contributed by atoms with E-state index >= 15 is 0 Å². The highest BCUT2D eigenvalue weighted by Crippen LogP contribution is 2.27. The number of hydrogen-bond donors (Lipinski definition) is 0. The van der Waals surface area contributed by atoms with Crippen molar-refractivity contribution >= 4 is 0 Å². The van der Waals surface area contributed by atoms with Gasteiger partial charge in [-0.1, -0.05) is 30.3 Å². The summed E-state index contributed by atoms with van der Waals surface area (Å²) in [6.45, 7) is 2.80. The fourth-order valence-electron chi connectivity index (χ4n) is 2.59. The molecule has 1 saturated heterocycles. The van der Waals surface area contributed by atoms with Gasteiger partial charge in [-0.15, -0.1) is 0 Å². The average molecular weight is 236 g/mol. The molecule has 2 rings (SSSR count). The second-order valence-corrected chi connectivity index (χ2v) is 5.33. The lowest BCUT2D eigenvalue weighted by Crippen LogP contribution is -2.38. The van der Waals surface area contributed by atoms with Gasteiger partial charge in [0.05, 0.1) is 0 Å². The van der Waals surface area contributed by atoms with Crippen LogP contribution in [0.15, 0.2) is 30.3 Å². The third-order valence-electron chi connectivity index (χ3n) is 3.23. The van der Waals surface area contributed by atoms with E-state index in [-0.39, 0.29) is 0 Å². The molecule has 1 aliphatic heterocycles. The Balaban J connectivity index is 1.90. The maximum absolute atomic E-state index is 14.4. The molecular formula is C14H21FN2. The second kappa shape index (κ2) is 5.15. The van der Waals surface area contributed by atoms with Gasteiger partial charge in [0.1, 0.15) is 5.67 Å². The van der Waals surface area contributed by atoms with E-state index < -0.39 is 5.67 Å². The smallest absolute Gasteiger partial charge is 0.137 e. The third-order valence-corrected chi connectivity index (χ3v) is 3.23. The van der Waals surface area contributed by atoms with Gasteiger partial charge in [-0.2, -0.15) is 0 Å². The average Bonchev–Trinajstić information content (AvgIpc) is 2.60. The van der Waals surface area contributed by atoms with Crippen LogP contribution in [0.2, 0.25) is 0 Å². The fourth-order valence-corrected chi connectivity index (χ4v) is 2.59. The van der Waals surface area contributed by atoms with Crippen molar-refractivity contribution in [1.29, 1.82) is 0 Å². The lowest BCUT2D eigenvalue weighted by Gasteiger charge is -2.24. The Morgan fingerprint density at radius 1 is 1.29 bits per heavy atom. The summed E-state index contributed by atoms with van der Waals surface area (Å²) in [6.07, 6.45) is 0.651. The number of likely N-dealkylation sites (tertiary alicyclic amines) is 1. The molecule has 1 aromatic rings. The monoisotopic (exact) mass is 236 g/mol. The van der Waals surface area contributed by atoms with Crippen LogP contribution in [0, 0.1) is 0 Å². The first-order chi connectivity index (χ1) is 8.07. The first kappa shape index (κ1) is 12.5. The Labute approximate surface area is 103 Å². The van der Waals surface area contributed by atoms with Gasteiger partial charge in [0, 0.05) is 26.2 Å². The molecule has 1 fully saturated rings. The number of nitrogens with zero attached hydrogens (tertiary/aromatic N) is 2. The highest BCUT2D eigenvalue weighted by molar-refractivity contribution is 5.15. The highest BCUT2D eigenvalue weighted by Gasteiger charge is 2.38. The Bertz CT molecular complexity index is 352. The van der Waals surface area contributed by atoms with Crippen LogP contribution in [0.3, 0.4) is 0 Å². The Hall–Kier alpha value is -0.930. The Morgan fingerprint density at radius 2 is 2.00 bits per heavy atom. The maximum Gasteiger partial charge on any atom is 0.137 e.